The Morgan fingerprint density at radius 1 is 0.944 bits per heavy atom. The topological polar surface area (TPSA) is 69.7 Å². The molecule has 6 nitrogen and oxygen atoms in total. The number of benzene rings is 2. The van der Waals surface area contributed by atoms with Crippen LogP contribution in [0, 0.1) is 5.92 Å². The number of amides is 3. The normalized spacial score (nSPS) is 20.8. The van der Waals surface area contributed by atoms with Crippen LogP contribution in [0.25, 0.3) is 0 Å². The van der Waals surface area contributed by atoms with Gasteiger partial charge in [0, 0.05) is 56.5 Å². The minimum Gasteiger partial charge on any atom is -0.349 e. The Kier molecular flexibility index (Phi) is 8.52. The van der Waals surface area contributed by atoms with Gasteiger partial charge in [0.05, 0.1) is 10.0 Å². The summed E-state index contributed by atoms with van der Waals surface area (Å²) in [6, 6.07) is 11.6. The Hall–Kier alpha value is -2.64. The lowest BCUT2D eigenvalue weighted by molar-refractivity contribution is -0.141. The van der Waals surface area contributed by atoms with Crippen molar-refractivity contribution in [1.29, 1.82) is 0 Å². The van der Waals surface area contributed by atoms with E-state index in [1.807, 2.05) is 11.0 Å². The third-order valence-corrected chi connectivity index (χ3v) is 8.01. The molecule has 0 aromatic heterocycles. The first-order valence-corrected chi connectivity index (χ1v) is 13.0. The average molecular weight is 534 g/mol. The Balaban J connectivity index is 1.50. The second-order valence-electron chi connectivity index (χ2n) is 9.54. The first-order valence-electron chi connectivity index (χ1n) is 12.2. The van der Waals surface area contributed by atoms with Crippen molar-refractivity contribution in [2.45, 2.75) is 44.8 Å². The second kappa shape index (κ2) is 11.6. The maximum absolute atomic E-state index is 13.4. The van der Waals surface area contributed by atoms with Crippen molar-refractivity contribution in [3.63, 3.8) is 0 Å². The summed E-state index contributed by atoms with van der Waals surface area (Å²) in [4.78, 5) is 41.7. The molecule has 2 aliphatic heterocycles. The minimum absolute atomic E-state index is 0.0384. The van der Waals surface area contributed by atoms with Crippen LogP contribution >= 0.6 is 23.2 Å². The van der Waals surface area contributed by atoms with Gasteiger partial charge in [0.25, 0.3) is 5.91 Å². The number of nitrogens with one attached hydrogen (secondary N) is 1. The number of rotatable bonds is 5. The van der Waals surface area contributed by atoms with Crippen molar-refractivity contribution < 1.29 is 18.8 Å². The molecule has 2 aliphatic rings. The molecule has 9 heteroatoms. The lowest BCUT2D eigenvalue weighted by Crippen LogP contribution is -2.53. The molecule has 2 aromatic carbocycles. The maximum atomic E-state index is 13.4. The molecule has 3 amide bonds. The van der Waals surface area contributed by atoms with Crippen molar-refractivity contribution in [3.05, 3.63) is 69.2 Å². The molecule has 1 N–H and O–H groups in total. The summed E-state index contributed by atoms with van der Waals surface area (Å²) < 4.78 is 12.9. The molecule has 0 saturated carbocycles. The van der Waals surface area contributed by atoms with E-state index in [4.69, 9.17) is 23.2 Å². The van der Waals surface area contributed by atoms with E-state index >= 15 is 0 Å². The highest BCUT2D eigenvalue weighted by atomic mass is 35.5. The molecule has 0 spiro atoms. The maximum Gasteiger partial charge on any atom is 0.251 e. The number of carbonyl (C=O) groups excluding carboxylic acids is 3. The predicted molar refractivity (Wildman–Crippen MR) is 138 cm³/mol. The number of carbonyl (C=O) groups is 3. The fourth-order valence-corrected chi connectivity index (χ4v) is 5.41. The molecular weight excluding hydrogens is 504 g/mol. The summed E-state index contributed by atoms with van der Waals surface area (Å²) >= 11 is 12.4. The lowest BCUT2D eigenvalue weighted by atomic mass is 9.84. The van der Waals surface area contributed by atoms with E-state index in [0.717, 1.165) is 5.56 Å². The Morgan fingerprint density at radius 3 is 2.22 bits per heavy atom. The number of likely N-dealkylation sites (tertiary alicyclic amines) is 2. The Morgan fingerprint density at radius 2 is 1.61 bits per heavy atom. The zero-order chi connectivity index (χ0) is 25.8. The Bertz CT molecular complexity index is 1120. The van der Waals surface area contributed by atoms with E-state index in [9.17, 15) is 18.8 Å². The molecule has 4 rings (SSSR count). The standard InChI is InChI=1S/C27H30Cl2FN3O3/c1-17(34)32-11-8-20(9-12-32)27(36)33-13-10-25(22(16-33)21-6-7-23(28)24(29)14-21)31-26(35)19-4-2-18(15-30)3-5-19/h2-7,14,20,22,25H,8-13,15-16H2,1H3,(H,31,35). The summed E-state index contributed by atoms with van der Waals surface area (Å²) in [5, 5.41) is 3.98. The molecule has 2 saturated heterocycles. The fraction of sp³-hybridized carbons (Fsp3) is 0.444. The van der Waals surface area contributed by atoms with Crippen LogP contribution in [0.4, 0.5) is 4.39 Å². The third-order valence-electron chi connectivity index (χ3n) is 7.27. The zero-order valence-corrected chi connectivity index (χ0v) is 21.7. The molecular formula is C27H30Cl2FN3O3. The largest absolute Gasteiger partial charge is 0.349 e. The SMILES string of the molecule is CC(=O)N1CCC(C(=O)N2CCC(NC(=O)c3ccc(CF)cc3)C(c3ccc(Cl)c(Cl)c3)C2)CC1. The van der Waals surface area contributed by atoms with E-state index in [1.165, 1.54) is 0 Å². The third kappa shape index (κ3) is 6.01. The summed E-state index contributed by atoms with van der Waals surface area (Å²) in [6.07, 6.45) is 1.89. The van der Waals surface area contributed by atoms with Gasteiger partial charge in [-0.2, -0.15) is 0 Å². The smallest absolute Gasteiger partial charge is 0.251 e. The van der Waals surface area contributed by atoms with Crippen LogP contribution in [0.1, 0.15) is 53.6 Å². The monoisotopic (exact) mass is 533 g/mol. The fourth-order valence-electron chi connectivity index (χ4n) is 5.10. The summed E-state index contributed by atoms with van der Waals surface area (Å²) in [5.74, 6) is -0.405. The van der Waals surface area contributed by atoms with Crippen LogP contribution in [-0.2, 0) is 16.3 Å². The number of nitrogens with zero attached hydrogens (tertiary/aromatic N) is 2. The van der Waals surface area contributed by atoms with Gasteiger partial charge >= 0.3 is 0 Å². The van der Waals surface area contributed by atoms with Crippen LogP contribution in [-0.4, -0.2) is 59.7 Å². The van der Waals surface area contributed by atoms with Crippen molar-refractivity contribution in [2.24, 2.45) is 5.92 Å². The van der Waals surface area contributed by atoms with Crippen LogP contribution in [0.2, 0.25) is 10.0 Å². The highest BCUT2D eigenvalue weighted by molar-refractivity contribution is 6.42. The van der Waals surface area contributed by atoms with Gasteiger partial charge in [-0.1, -0.05) is 41.4 Å². The molecule has 2 aromatic rings. The van der Waals surface area contributed by atoms with Gasteiger partial charge in [-0.15, -0.1) is 0 Å². The number of piperidine rings is 2. The molecule has 2 unspecified atom stereocenters. The van der Waals surface area contributed by atoms with E-state index in [1.54, 1.807) is 48.2 Å². The van der Waals surface area contributed by atoms with Crippen LogP contribution in [0.15, 0.2) is 42.5 Å². The quantitative estimate of drug-likeness (QED) is 0.597. The van der Waals surface area contributed by atoms with Gasteiger partial charge in [-0.05, 0) is 54.7 Å². The van der Waals surface area contributed by atoms with Gasteiger partial charge in [0.2, 0.25) is 11.8 Å². The van der Waals surface area contributed by atoms with E-state index in [-0.39, 0.29) is 35.6 Å². The molecule has 0 radical (unpaired) electrons. The number of hydrogen-bond acceptors (Lipinski definition) is 3. The van der Waals surface area contributed by atoms with Crippen LogP contribution in [0.3, 0.4) is 0 Å². The first kappa shape index (κ1) is 26.4. The second-order valence-corrected chi connectivity index (χ2v) is 10.4. The number of alkyl halides is 1. The minimum atomic E-state index is -0.582. The molecule has 0 bridgehead atoms. The van der Waals surface area contributed by atoms with Gasteiger partial charge < -0.3 is 15.1 Å². The Labute approximate surface area is 220 Å². The van der Waals surface area contributed by atoms with Crippen LogP contribution < -0.4 is 5.32 Å². The highest BCUT2D eigenvalue weighted by Crippen LogP contribution is 2.33. The molecule has 2 heterocycles. The van der Waals surface area contributed by atoms with Crippen molar-refractivity contribution in [1.82, 2.24) is 15.1 Å². The first-order chi connectivity index (χ1) is 17.3. The van der Waals surface area contributed by atoms with Gasteiger partial charge in [0.15, 0.2) is 0 Å². The average Bonchev–Trinajstić information content (AvgIpc) is 2.90. The number of halogens is 3. The highest BCUT2D eigenvalue weighted by Gasteiger charge is 2.37. The van der Waals surface area contributed by atoms with Crippen molar-refractivity contribution in [3.8, 4) is 0 Å². The van der Waals surface area contributed by atoms with Gasteiger partial charge in [-0.25, -0.2) is 4.39 Å². The molecule has 2 atom stereocenters. The summed E-state index contributed by atoms with van der Waals surface area (Å²) in [7, 11) is 0. The van der Waals surface area contributed by atoms with Gasteiger partial charge in [0.1, 0.15) is 6.67 Å². The van der Waals surface area contributed by atoms with Crippen molar-refractivity contribution >= 4 is 40.9 Å². The van der Waals surface area contributed by atoms with Crippen molar-refractivity contribution in [2.75, 3.05) is 26.2 Å². The molecule has 2 fully saturated rings. The van der Waals surface area contributed by atoms with E-state index in [0.29, 0.717) is 66.6 Å². The predicted octanol–water partition coefficient (Wildman–Crippen LogP) is 4.84. The summed E-state index contributed by atoms with van der Waals surface area (Å²) in [5.41, 5.74) is 1.86. The van der Waals surface area contributed by atoms with Gasteiger partial charge in [-0.3, -0.25) is 14.4 Å². The molecule has 192 valence electrons. The molecule has 0 aliphatic carbocycles. The van der Waals surface area contributed by atoms with Crippen LogP contribution in [0.5, 0.6) is 0 Å². The lowest BCUT2D eigenvalue weighted by Gasteiger charge is -2.41. The molecule has 36 heavy (non-hydrogen) atoms. The number of hydrogen-bond donors (Lipinski definition) is 1. The van der Waals surface area contributed by atoms with E-state index in [2.05, 4.69) is 5.32 Å². The summed E-state index contributed by atoms with van der Waals surface area (Å²) in [6.45, 7) is 3.12. The van der Waals surface area contributed by atoms with E-state index < -0.39 is 6.67 Å². The zero-order valence-electron chi connectivity index (χ0n) is 20.2.